The first-order valence-corrected chi connectivity index (χ1v) is 11.6. The molecule has 0 N–H and O–H groups in total. The summed E-state index contributed by atoms with van der Waals surface area (Å²) in [4.78, 5) is 0. The summed E-state index contributed by atoms with van der Waals surface area (Å²) in [7, 11) is -1.34. The Balaban J connectivity index is 3.58. The molecule has 0 amide bonds. The molecule has 0 heterocycles. The van der Waals surface area contributed by atoms with Gasteiger partial charge in [-0.3, -0.25) is 0 Å². The second kappa shape index (κ2) is 11.0. The average molecular weight is 273 g/mol. The van der Waals surface area contributed by atoms with E-state index in [1.54, 1.807) is 0 Å². The predicted octanol–water partition coefficient (Wildman–Crippen LogP) is 6.15. The van der Waals surface area contributed by atoms with E-state index in [1.807, 2.05) is 0 Å². The maximum Gasteiger partial charge on any atom is 0.184 e. The highest BCUT2D eigenvalue weighted by Gasteiger charge is 2.20. The molecule has 0 bridgehead atoms. The van der Waals surface area contributed by atoms with Crippen LogP contribution >= 0.6 is 0 Å². The van der Waals surface area contributed by atoms with Crippen LogP contribution in [0.3, 0.4) is 0 Å². The van der Waals surface area contributed by atoms with Gasteiger partial charge in [0, 0.05) is 6.10 Å². The highest BCUT2D eigenvalue weighted by atomic mass is 28.4. The Kier molecular flexibility index (Phi) is 11.1. The van der Waals surface area contributed by atoms with E-state index in [4.69, 9.17) is 4.43 Å². The van der Waals surface area contributed by atoms with E-state index in [1.165, 1.54) is 64.2 Å². The van der Waals surface area contributed by atoms with Gasteiger partial charge in [0.1, 0.15) is 0 Å². The van der Waals surface area contributed by atoms with Crippen LogP contribution in [0.5, 0.6) is 0 Å². The molecule has 0 aliphatic rings. The van der Waals surface area contributed by atoms with E-state index in [0.29, 0.717) is 6.10 Å². The van der Waals surface area contributed by atoms with Gasteiger partial charge in [0.2, 0.25) is 0 Å². The fraction of sp³-hybridized carbons (Fsp3) is 1.00. The lowest BCUT2D eigenvalue weighted by Crippen LogP contribution is -2.32. The molecule has 110 valence electrons. The normalized spacial score (nSPS) is 13.8. The Morgan fingerprint density at radius 3 is 1.78 bits per heavy atom. The molecule has 0 aromatic carbocycles. The van der Waals surface area contributed by atoms with Crippen LogP contribution < -0.4 is 0 Å². The Morgan fingerprint density at radius 1 is 0.722 bits per heavy atom. The number of unbranched alkanes of at least 4 members (excludes halogenated alkanes) is 6. The highest BCUT2D eigenvalue weighted by molar-refractivity contribution is 6.69. The lowest BCUT2D eigenvalue weighted by atomic mass is 10.0. The monoisotopic (exact) mass is 272 g/mol. The van der Waals surface area contributed by atoms with Gasteiger partial charge in [-0.05, 0) is 32.5 Å². The first-order chi connectivity index (χ1) is 8.49. The number of hydrogen-bond donors (Lipinski definition) is 0. The number of rotatable bonds is 12. The molecule has 18 heavy (non-hydrogen) atoms. The van der Waals surface area contributed by atoms with Crippen LogP contribution in [0.25, 0.3) is 0 Å². The maximum absolute atomic E-state index is 6.26. The van der Waals surface area contributed by atoms with Crippen LogP contribution in [0.2, 0.25) is 19.6 Å². The molecule has 0 spiro atoms. The Bertz CT molecular complexity index is 174. The second-order valence-electron chi connectivity index (χ2n) is 6.55. The van der Waals surface area contributed by atoms with Gasteiger partial charge in [0.15, 0.2) is 8.32 Å². The van der Waals surface area contributed by atoms with E-state index in [2.05, 4.69) is 33.5 Å². The molecule has 1 atom stereocenters. The summed E-state index contributed by atoms with van der Waals surface area (Å²) in [5.74, 6) is 0. The topological polar surface area (TPSA) is 9.23 Å². The zero-order valence-corrected chi connectivity index (χ0v) is 14.6. The van der Waals surface area contributed by atoms with Crippen LogP contribution in [0.1, 0.15) is 78.1 Å². The Labute approximate surface area is 117 Å². The van der Waals surface area contributed by atoms with Crippen LogP contribution in [0.15, 0.2) is 0 Å². The molecule has 0 saturated heterocycles. The molecular formula is C16H36OSi. The third kappa shape index (κ3) is 12.6. The van der Waals surface area contributed by atoms with Gasteiger partial charge in [0.25, 0.3) is 0 Å². The summed E-state index contributed by atoms with van der Waals surface area (Å²) in [6.07, 6.45) is 14.1. The zero-order chi connectivity index (χ0) is 13.9. The molecule has 0 saturated carbocycles. The molecule has 1 nitrogen and oxygen atoms in total. The van der Waals surface area contributed by atoms with Gasteiger partial charge in [-0.15, -0.1) is 0 Å². The third-order valence-electron chi connectivity index (χ3n) is 3.26. The minimum atomic E-state index is -1.34. The van der Waals surface area contributed by atoms with Crippen molar-refractivity contribution in [1.29, 1.82) is 0 Å². The minimum Gasteiger partial charge on any atom is -0.415 e. The molecule has 0 aliphatic heterocycles. The lowest BCUT2D eigenvalue weighted by Gasteiger charge is -2.26. The summed E-state index contributed by atoms with van der Waals surface area (Å²) in [6.45, 7) is 11.5. The number of hydrogen-bond acceptors (Lipinski definition) is 1. The zero-order valence-electron chi connectivity index (χ0n) is 13.6. The summed E-state index contributed by atoms with van der Waals surface area (Å²) in [5.41, 5.74) is 0. The quantitative estimate of drug-likeness (QED) is 0.306. The van der Waals surface area contributed by atoms with Crippen molar-refractivity contribution in [2.24, 2.45) is 0 Å². The van der Waals surface area contributed by atoms with Crippen molar-refractivity contribution < 1.29 is 4.43 Å². The highest BCUT2D eigenvalue weighted by Crippen LogP contribution is 2.18. The van der Waals surface area contributed by atoms with Crippen LogP contribution in [-0.4, -0.2) is 14.4 Å². The van der Waals surface area contributed by atoms with Crippen molar-refractivity contribution in [2.45, 2.75) is 104 Å². The Morgan fingerprint density at radius 2 is 1.28 bits per heavy atom. The van der Waals surface area contributed by atoms with Gasteiger partial charge >= 0.3 is 0 Å². The van der Waals surface area contributed by atoms with Crippen LogP contribution in [0.4, 0.5) is 0 Å². The van der Waals surface area contributed by atoms with Gasteiger partial charge in [-0.1, -0.05) is 65.2 Å². The van der Waals surface area contributed by atoms with Gasteiger partial charge in [-0.25, -0.2) is 0 Å². The molecule has 0 rings (SSSR count). The van der Waals surface area contributed by atoms with Crippen molar-refractivity contribution in [2.75, 3.05) is 0 Å². The first-order valence-electron chi connectivity index (χ1n) is 8.17. The second-order valence-corrected chi connectivity index (χ2v) is 11.0. The molecule has 0 fully saturated rings. The summed E-state index contributed by atoms with van der Waals surface area (Å²) in [6, 6.07) is 0. The fourth-order valence-corrected chi connectivity index (χ4v) is 3.65. The lowest BCUT2D eigenvalue weighted by molar-refractivity contribution is 0.168. The fourth-order valence-electron chi connectivity index (χ4n) is 2.41. The van der Waals surface area contributed by atoms with Crippen molar-refractivity contribution in [3.05, 3.63) is 0 Å². The largest absolute Gasteiger partial charge is 0.415 e. The van der Waals surface area contributed by atoms with Gasteiger partial charge in [0.05, 0.1) is 0 Å². The molecule has 0 aromatic heterocycles. The van der Waals surface area contributed by atoms with Gasteiger partial charge < -0.3 is 4.43 Å². The summed E-state index contributed by atoms with van der Waals surface area (Å²) in [5, 5.41) is 0. The molecule has 2 heteroatoms. The Hall–Kier alpha value is 0.177. The van der Waals surface area contributed by atoms with Crippen molar-refractivity contribution >= 4 is 8.32 Å². The van der Waals surface area contributed by atoms with Crippen molar-refractivity contribution in [3.63, 3.8) is 0 Å². The van der Waals surface area contributed by atoms with Crippen LogP contribution in [0, 0.1) is 0 Å². The summed E-state index contributed by atoms with van der Waals surface area (Å²) >= 11 is 0. The van der Waals surface area contributed by atoms with E-state index >= 15 is 0 Å². The van der Waals surface area contributed by atoms with E-state index in [0.717, 1.165) is 0 Å². The van der Waals surface area contributed by atoms with Crippen LogP contribution in [-0.2, 0) is 4.43 Å². The molecule has 0 radical (unpaired) electrons. The van der Waals surface area contributed by atoms with Crippen molar-refractivity contribution in [1.82, 2.24) is 0 Å². The minimum absolute atomic E-state index is 0.539. The summed E-state index contributed by atoms with van der Waals surface area (Å²) < 4.78 is 6.26. The smallest absolute Gasteiger partial charge is 0.184 e. The molecule has 0 aliphatic carbocycles. The van der Waals surface area contributed by atoms with Gasteiger partial charge in [-0.2, -0.15) is 0 Å². The predicted molar refractivity (Wildman–Crippen MR) is 85.7 cm³/mol. The van der Waals surface area contributed by atoms with E-state index < -0.39 is 8.32 Å². The molecule has 1 unspecified atom stereocenters. The maximum atomic E-state index is 6.26. The first kappa shape index (κ1) is 18.2. The molecular weight excluding hydrogens is 236 g/mol. The molecule has 0 aromatic rings. The third-order valence-corrected chi connectivity index (χ3v) is 4.30. The average Bonchev–Trinajstić information content (AvgIpc) is 2.26. The van der Waals surface area contributed by atoms with Crippen molar-refractivity contribution in [3.8, 4) is 0 Å². The van der Waals surface area contributed by atoms with E-state index in [9.17, 15) is 0 Å². The SMILES string of the molecule is CCCCCCCCCC(CCC)O[Si](C)(C)C. The standard InChI is InChI=1S/C16H36OSi/c1-6-8-9-10-11-12-13-15-16(14-7-2)17-18(3,4)5/h16H,6-15H2,1-5H3. The van der Waals surface area contributed by atoms with E-state index in [-0.39, 0.29) is 0 Å².